The molecule has 3 aromatic carbocycles. The van der Waals surface area contributed by atoms with Gasteiger partial charge in [-0.05, 0) is 48.4 Å². The first-order valence-electron chi connectivity index (χ1n) is 9.33. The molecule has 0 spiro atoms. The van der Waals surface area contributed by atoms with Gasteiger partial charge in [-0.15, -0.1) is 0 Å². The number of carbonyl (C=O) groups is 2. The standard InChI is InChI=1S/C23H20N2O4/c26-22(17-6-2-1-3-7-17)25-19-9-5-4-8-18(19)23(27)24-13-12-16-10-11-20-21(14-16)29-15-28-20/h1-11,14H,12-13,15H2,(H,24,27)(H,25,26). The van der Waals surface area contributed by atoms with Gasteiger partial charge < -0.3 is 20.1 Å². The van der Waals surface area contributed by atoms with E-state index in [1.54, 1.807) is 48.5 Å². The van der Waals surface area contributed by atoms with Crippen LogP contribution in [-0.2, 0) is 6.42 Å². The van der Waals surface area contributed by atoms with E-state index in [9.17, 15) is 9.59 Å². The van der Waals surface area contributed by atoms with Crippen molar-refractivity contribution >= 4 is 17.5 Å². The lowest BCUT2D eigenvalue weighted by Crippen LogP contribution is -2.27. The van der Waals surface area contributed by atoms with E-state index in [-0.39, 0.29) is 18.6 Å². The molecule has 0 aliphatic carbocycles. The monoisotopic (exact) mass is 388 g/mol. The smallest absolute Gasteiger partial charge is 0.255 e. The Kier molecular flexibility index (Phi) is 5.42. The Morgan fingerprint density at radius 3 is 2.45 bits per heavy atom. The van der Waals surface area contributed by atoms with Gasteiger partial charge in [-0.25, -0.2) is 0 Å². The summed E-state index contributed by atoms with van der Waals surface area (Å²) in [6.45, 7) is 0.695. The first-order valence-corrected chi connectivity index (χ1v) is 9.33. The van der Waals surface area contributed by atoms with Gasteiger partial charge >= 0.3 is 0 Å². The highest BCUT2D eigenvalue weighted by Crippen LogP contribution is 2.32. The van der Waals surface area contributed by atoms with Crippen molar-refractivity contribution in [1.82, 2.24) is 5.32 Å². The maximum atomic E-state index is 12.7. The average Bonchev–Trinajstić information content (AvgIpc) is 3.22. The van der Waals surface area contributed by atoms with Gasteiger partial charge in [-0.2, -0.15) is 0 Å². The summed E-state index contributed by atoms with van der Waals surface area (Å²) in [5.41, 5.74) is 2.47. The van der Waals surface area contributed by atoms with E-state index in [4.69, 9.17) is 9.47 Å². The predicted octanol–water partition coefficient (Wildman–Crippen LogP) is 3.64. The molecule has 0 radical (unpaired) electrons. The minimum atomic E-state index is -0.258. The second-order valence-corrected chi connectivity index (χ2v) is 6.56. The Hall–Kier alpha value is -3.80. The van der Waals surface area contributed by atoms with E-state index < -0.39 is 0 Å². The number of carbonyl (C=O) groups excluding carboxylic acids is 2. The highest BCUT2D eigenvalue weighted by atomic mass is 16.7. The first kappa shape index (κ1) is 18.6. The number of rotatable bonds is 6. The summed E-state index contributed by atoms with van der Waals surface area (Å²) in [5.74, 6) is 0.963. The zero-order valence-corrected chi connectivity index (χ0v) is 15.7. The van der Waals surface area contributed by atoms with E-state index >= 15 is 0 Å². The topological polar surface area (TPSA) is 76.7 Å². The zero-order valence-electron chi connectivity index (χ0n) is 15.7. The summed E-state index contributed by atoms with van der Waals surface area (Å²) in [6, 6.07) is 21.6. The number of amides is 2. The van der Waals surface area contributed by atoms with Gasteiger partial charge in [0, 0.05) is 12.1 Å². The van der Waals surface area contributed by atoms with Crippen LogP contribution in [0.25, 0.3) is 0 Å². The van der Waals surface area contributed by atoms with Crippen LogP contribution in [0.3, 0.4) is 0 Å². The van der Waals surface area contributed by atoms with Crippen LogP contribution < -0.4 is 20.1 Å². The third kappa shape index (κ3) is 4.38. The Morgan fingerprint density at radius 2 is 1.59 bits per heavy atom. The third-order valence-corrected chi connectivity index (χ3v) is 4.59. The van der Waals surface area contributed by atoms with Crippen molar-refractivity contribution in [3.8, 4) is 11.5 Å². The first-order chi connectivity index (χ1) is 14.2. The van der Waals surface area contributed by atoms with Crippen LogP contribution in [0, 0.1) is 0 Å². The summed E-state index contributed by atoms with van der Waals surface area (Å²) in [5, 5.41) is 5.72. The van der Waals surface area contributed by atoms with Crippen molar-refractivity contribution in [3.63, 3.8) is 0 Å². The van der Waals surface area contributed by atoms with E-state index in [1.165, 1.54) is 0 Å². The highest BCUT2D eigenvalue weighted by molar-refractivity contribution is 6.08. The van der Waals surface area contributed by atoms with Gasteiger partial charge in [0.15, 0.2) is 11.5 Å². The molecule has 0 unspecified atom stereocenters. The van der Waals surface area contributed by atoms with E-state index in [2.05, 4.69) is 10.6 Å². The number of anilines is 1. The molecular weight excluding hydrogens is 368 g/mol. The molecule has 2 N–H and O–H groups in total. The number of fused-ring (bicyclic) bond motifs is 1. The van der Waals surface area contributed by atoms with E-state index in [0.717, 1.165) is 17.1 Å². The van der Waals surface area contributed by atoms with Crippen molar-refractivity contribution in [2.75, 3.05) is 18.7 Å². The molecule has 6 heteroatoms. The normalized spacial score (nSPS) is 11.7. The zero-order chi connectivity index (χ0) is 20.1. The molecule has 3 aromatic rings. The number of hydrogen-bond donors (Lipinski definition) is 2. The summed E-state index contributed by atoms with van der Waals surface area (Å²) < 4.78 is 10.7. The van der Waals surface area contributed by atoms with Crippen molar-refractivity contribution in [1.29, 1.82) is 0 Å². The Balaban J connectivity index is 1.38. The van der Waals surface area contributed by atoms with Crippen LogP contribution in [0.5, 0.6) is 11.5 Å². The van der Waals surface area contributed by atoms with Gasteiger partial charge in [-0.3, -0.25) is 9.59 Å². The summed E-state index contributed by atoms with van der Waals surface area (Å²) >= 11 is 0. The number of nitrogens with one attached hydrogen (secondary N) is 2. The van der Waals surface area contributed by atoms with Crippen LogP contribution in [0.4, 0.5) is 5.69 Å². The van der Waals surface area contributed by atoms with Crippen LogP contribution >= 0.6 is 0 Å². The number of benzene rings is 3. The number of para-hydroxylation sites is 1. The molecule has 6 nitrogen and oxygen atoms in total. The summed E-state index contributed by atoms with van der Waals surface area (Å²) in [6.07, 6.45) is 0.654. The van der Waals surface area contributed by atoms with E-state index in [1.807, 2.05) is 24.3 Å². The molecule has 1 aliphatic rings. The molecule has 0 fully saturated rings. The summed E-state index contributed by atoms with van der Waals surface area (Å²) in [7, 11) is 0. The number of hydrogen-bond acceptors (Lipinski definition) is 4. The van der Waals surface area contributed by atoms with Gasteiger partial charge in [0.05, 0.1) is 11.3 Å². The highest BCUT2D eigenvalue weighted by Gasteiger charge is 2.15. The molecule has 0 saturated heterocycles. The second kappa shape index (κ2) is 8.48. The molecular formula is C23H20N2O4. The average molecular weight is 388 g/mol. The van der Waals surface area contributed by atoms with Crippen molar-refractivity contribution < 1.29 is 19.1 Å². The summed E-state index contributed by atoms with van der Waals surface area (Å²) in [4.78, 5) is 25.1. The maximum Gasteiger partial charge on any atom is 0.255 e. The minimum absolute atomic E-state index is 0.237. The quantitative estimate of drug-likeness (QED) is 0.676. The molecule has 0 aromatic heterocycles. The Labute approximate surface area is 168 Å². The van der Waals surface area contributed by atoms with E-state index in [0.29, 0.717) is 29.8 Å². The lowest BCUT2D eigenvalue weighted by molar-refractivity contribution is 0.0955. The molecule has 4 rings (SSSR count). The molecule has 1 aliphatic heterocycles. The van der Waals surface area contributed by atoms with Crippen LogP contribution in [0.15, 0.2) is 72.8 Å². The Bertz CT molecular complexity index is 1030. The fourth-order valence-electron chi connectivity index (χ4n) is 3.09. The largest absolute Gasteiger partial charge is 0.454 e. The van der Waals surface area contributed by atoms with Crippen LogP contribution in [-0.4, -0.2) is 25.2 Å². The molecule has 0 atom stereocenters. The minimum Gasteiger partial charge on any atom is -0.454 e. The molecule has 2 amide bonds. The lowest BCUT2D eigenvalue weighted by atomic mass is 10.1. The lowest BCUT2D eigenvalue weighted by Gasteiger charge is -2.12. The fraction of sp³-hybridized carbons (Fsp3) is 0.130. The van der Waals surface area contributed by atoms with Crippen LogP contribution in [0.2, 0.25) is 0 Å². The fourth-order valence-corrected chi connectivity index (χ4v) is 3.09. The Morgan fingerprint density at radius 1 is 0.828 bits per heavy atom. The van der Waals surface area contributed by atoms with Crippen molar-refractivity contribution in [2.45, 2.75) is 6.42 Å². The molecule has 0 bridgehead atoms. The molecule has 146 valence electrons. The van der Waals surface area contributed by atoms with Gasteiger partial charge in [-0.1, -0.05) is 36.4 Å². The van der Waals surface area contributed by atoms with Crippen molar-refractivity contribution in [3.05, 3.63) is 89.5 Å². The van der Waals surface area contributed by atoms with Gasteiger partial charge in [0.25, 0.3) is 11.8 Å². The molecule has 29 heavy (non-hydrogen) atoms. The van der Waals surface area contributed by atoms with Crippen LogP contribution in [0.1, 0.15) is 26.3 Å². The number of ether oxygens (including phenoxy) is 2. The third-order valence-electron chi connectivity index (χ3n) is 4.59. The maximum absolute atomic E-state index is 12.7. The van der Waals surface area contributed by atoms with Gasteiger partial charge in [0.2, 0.25) is 6.79 Å². The second-order valence-electron chi connectivity index (χ2n) is 6.56. The van der Waals surface area contributed by atoms with Crippen molar-refractivity contribution in [2.24, 2.45) is 0 Å². The predicted molar refractivity (Wildman–Crippen MR) is 109 cm³/mol. The molecule has 0 saturated carbocycles. The molecule has 1 heterocycles. The van der Waals surface area contributed by atoms with Gasteiger partial charge in [0.1, 0.15) is 0 Å². The SMILES string of the molecule is O=C(Nc1ccccc1C(=O)NCCc1ccc2c(c1)OCO2)c1ccccc1.